The second kappa shape index (κ2) is 6.69. The molecule has 2 atom stereocenters. The summed E-state index contributed by atoms with van der Waals surface area (Å²) in [7, 11) is 0. The molecule has 1 saturated carbocycles. The molecule has 2 unspecified atom stereocenters. The molecule has 3 heteroatoms. The number of fused-ring (bicyclic) bond motifs is 2. The predicted octanol–water partition coefficient (Wildman–Crippen LogP) is 6.39. The summed E-state index contributed by atoms with van der Waals surface area (Å²) in [4.78, 5) is 0. The average molecular weight is 387 g/mol. The van der Waals surface area contributed by atoms with Crippen molar-refractivity contribution in [3.63, 3.8) is 0 Å². The van der Waals surface area contributed by atoms with E-state index in [0.717, 1.165) is 30.6 Å². The van der Waals surface area contributed by atoms with E-state index in [2.05, 4.69) is 55.4 Å². The lowest BCUT2D eigenvalue weighted by atomic mass is 9.60. The molecule has 0 radical (unpaired) electrons. The highest BCUT2D eigenvalue weighted by Gasteiger charge is 2.52. The van der Waals surface area contributed by atoms with Crippen molar-refractivity contribution in [2.45, 2.75) is 46.0 Å². The van der Waals surface area contributed by atoms with E-state index in [4.69, 9.17) is 0 Å². The first-order valence-corrected chi connectivity index (χ1v) is 10.6. The summed E-state index contributed by atoms with van der Waals surface area (Å²) >= 11 is 0. The van der Waals surface area contributed by atoms with Gasteiger partial charge in [0.05, 0.1) is 17.6 Å². The molecule has 0 bridgehead atoms. The number of aryl methyl sites for hydroxylation is 1. The van der Waals surface area contributed by atoms with E-state index in [9.17, 15) is 4.39 Å². The van der Waals surface area contributed by atoms with Crippen LogP contribution in [0.15, 0.2) is 66.4 Å². The Morgan fingerprint density at radius 1 is 1.03 bits per heavy atom. The molecule has 3 aromatic rings. The van der Waals surface area contributed by atoms with Crippen molar-refractivity contribution in [3.05, 3.63) is 89.0 Å². The number of hydrogen-bond donors (Lipinski definition) is 0. The number of halogens is 1. The second-order valence-electron chi connectivity index (χ2n) is 9.17. The lowest BCUT2D eigenvalue weighted by Gasteiger charge is -2.44. The van der Waals surface area contributed by atoms with Gasteiger partial charge in [-0.2, -0.15) is 5.10 Å². The highest BCUT2D eigenvalue weighted by molar-refractivity contribution is 5.62. The summed E-state index contributed by atoms with van der Waals surface area (Å²) in [6.07, 6.45) is 10.1. The molecule has 1 heterocycles. The van der Waals surface area contributed by atoms with Gasteiger partial charge >= 0.3 is 0 Å². The fourth-order valence-electron chi connectivity index (χ4n) is 5.39. The van der Waals surface area contributed by atoms with Gasteiger partial charge in [0.1, 0.15) is 5.82 Å². The van der Waals surface area contributed by atoms with E-state index in [1.54, 1.807) is 17.7 Å². The summed E-state index contributed by atoms with van der Waals surface area (Å²) in [5.41, 5.74) is 6.80. The molecule has 2 nitrogen and oxygen atoms in total. The number of nitrogens with zero attached hydrogens (tertiary/aromatic N) is 2. The summed E-state index contributed by atoms with van der Waals surface area (Å²) in [5.74, 6) is -0.217. The minimum atomic E-state index is -0.217. The second-order valence-corrected chi connectivity index (χ2v) is 9.17. The van der Waals surface area contributed by atoms with Gasteiger partial charge in [-0.25, -0.2) is 9.07 Å². The molecule has 0 aliphatic heterocycles. The Bertz CT molecular complexity index is 1060. The van der Waals surface area contributed by atoms with Crippen LogP contribution >= 0.6 is 0 Å². The number of rotatable bonds is 4. The molecule has 2 aliphatic carbocycles. The zero-order chi connectivity index (χ0) is 20.1. The van der Waals surface area contributed by atoms with Gasteiger partial charge in [-0.05, 0) is 84.4 Å². The molecule has 2 aliphatic rings. The third-order valence-electron chi connectivity index (χ3n) is 7.61. The minimum Gasteiger partial charge on any atom is -0.233 e. The number of allylic oxidation sites excluding steroid dienone is 1. The first kappa shape index (κ1) is 18.4. The molecular weight excluding hydrogens is 359 g/mol. The van der Waals surface area contributed by atoms with Gasteiger partial charge in [0.2, 0.25) is 0 Å². The summed E-state index contributed by atoms with van der Waals surface area (Å²) < 4.78 is 15.3. The van der Waals surface area contributed by atoms with Gasteiger partial charge < -0.3 is 0 Å². The van der Waals surface area contributed by atoms with E-state index in [1.807, 2.05) is 10.9 Å². The molecule has 0 spiro atoms. The van der Waals surface area contributed by atoms with E-state index < -0.39 is 0 Å². The van der Waals surface area contributed by atoms with Gasteiger partial charge in [-0.1, -0.05) is 49.8 Å². The van der Waals surface area contributed by atoms with Gasteiger partial charge in [-0.3, -0.25) is 0 Å². The molecule has 0 amide bonds. The van der Waals surface area contributed by atoms with Crippen LogP contribution in [0.5, 0.6) is 0 Å². The lowest BCUT2D eigenvalue weighted by molar-refractivity contribution is 0.126. The zero-order valence-corrected chi connectivity index (χ0v) is 17.2. The van der Waals surface area contributed by atoms with Crippen LogP contribution in [0.3, 0.4) is 0 Å². The Morgan fingerprint density at radius 2 is 1.79 bits per heavy atom. The van der Waals surface area contributed by atoms with Gasteiger partial charge in [0.15, 0.2) is 0 Å². The average Bonchev–Trinajstić information content (AvgIpc) is 3.24. The van der Waals surface area contributed by atoms with Crippen molar-refractivity contribution >= 4 is 6.08 Å². The smallest absolute Gasteiger partial charge is 0.123 e. The zero-order valence-electron chi connectivity index (χ0n) is 17.2. The Kier molecular flexibility index (Phi) is 4.23. The molecule has 29 heavy (non-hydrogen) atoms. The maximum atomic E-state index is 13.3. The Balaban J connectivity index is 1.45. The van der Waals surface area contributed by atoms with Crippen molar-refractivity contribution in [2.24, 2.45) is 10.8 Å². The van der Waals surface area contributed by atoms with Crippen molar-refractivity contribution in [3.8, 4) is 5.69 Å². The van der Waals surface area contributed by atoms with Crippen LogP contribution in [0, 0.1) is 16.6 Å². The third kappa shape index (κ3) is 2.95. The van der Waals surface area contributed by atoms with Crippen LogP contribution in [-0.2, 0) is 12.8 Å². The van der Waals surface area contributed by atoms with Crippen molar-refractivity contribution in [2.75, 3.05) is 0 Å². The maximum Gasteiger partial charge on any atom is 0.123 e. The summed E-state index contributed by atoms with van der Waals surface area (Å²) in [6.45, 7) is 4.93. The first-order valence-electron chi connectivity index (χ1n) is 10.6. The van der Waals surface area contributed by atoms with Crippen LogP contribution in [0.1, 0.15) is 49.9 Å². The van der Waals surface area contributed by atoms with Crippen LogP contribution in [-0.4, -0.2) is 9.78 Å². The molecule has 1 fully saturated rings. The van der Waals surface area contributed by atoms with Gasteiger partial charge in [-0.15, -0.1) is 0 Å². The maximum absolute atomic E-state index is 13.3. The minimum absolute atomic E-state index is 0.172. The van der Waals surface area contributed by atoms with Gasteiger partial charge in [0, 0.05) is 0 Å². The van der Waals surface area contributed by atoms with E-state index in [1.165, 1.54) is 36.1 Å². The highest BCUT2D eigenvalue weighted by Crippen LogP contribution is 2.61. The molecule has 0 N–H and O–H groups in total. The van der Waals surface area contributed by atoms with Crippen molar-refractivity contribution in [1.82, 2.24) is 9.78 Å². The normalized spacial score (nSPS) is 25.4. The molecule has 148 valence electrons. The predicted molar refractivity (Wildman–Crippen MR) is 115 cm³/mol. The monoisotopic (exact) mass is 386 g/mol. The largest absolute Gasteiger partial charge is 0.233 e. The SMILES string of the molecule is CC1(CCc2ccccc2)CCC2=Cc3c(cnn3-c3ccc(F)cc3)CC21C. The molecule has 0 saturated heterocycles. The fraction of sp³-hybridized carbons (Fsp3) is 0.346. The van der Waals surface area contributed by atoms with E-state index >= 15 is 0 Å². The topological polar surface area (TPSA) is 17.8 Å². The highest BCUT2D eigenvalue weighted by atomic mass is 19.1. The Morgan fingerprint density at radius 3 is 2.55 bits per heavy atom. The lowest BCUT2D eigenvalue weighted by Crippen LogP contribution is -2.37. The van der Waals surface area contributed by atoms with Crippen LogP contribution in [0.25, 0.3) is 11.8 Å². The molecule has 2 aromatic carbocycles. The quantitative estimate of drug-likeness (QED) is 0.508. The number of benzene rings is 2. The Labute approximate surface area is 172 Å². The van der Waals surface area contributed by atoms with Gasteiger partial charge in [0.25, 0.3) is 0 Å². The van der Waals surface area contributed by atoms with E-state index in [-0.39, 0.29) is 16.6 Å². The standard InChI is InChI=1S/C26H27FN2/c1-25(14-12-19-6-4-3-5-7-19)15-13-21-16-24-20(17-26(21,25)2)18-28-29(24)23-10-8-22(27)9-11-23/h3-11,16,18H,12-15,17H2,1-2H3. The van der Waals surface area contributed by atoms with Crippen molar-refractivity contribution in [1.29, 1.82) is 0 Å². The molecule has 5 rings (SSSR count). The first-order chi connectivity index (χ1) is 14.0. The Hall–Kier alpha value is -2.68. The van der Waals surface area contributed by atoms with Crippen LogP contribution in [0.4, 0.5) is 4.39 Å². The summed E-state index contributed by atoms with van der Waals surface area (Å²) in [6, 6.07) is 17.4. The number of hydrogen-bond acceptors (Lipinski definition) is 1. The van der Waals surface area contributed by atoms with Crippen LogP contribution < -0.4 is 0 Å². The fourth-order valence-corrected chi connectivity index (χ4v) is 5.39. The number of aromatic nitrogens is 2. The van der Waals surface area contributed by atoms with E-state index in [0.29, 0.717) is 0 Å². The molecular formula is C26H27FN2. The van der Waals surface area contributed by atoms with Crippen LogP contribution in [0.2, 0.25) is 0 Å². The molecule has 1 aromatic heterocycles. The third-order valence-corrected chi connectivity index (χ3v) is 7.61. The van der Waals surface area contributed by atoms with Crippen molar-refractivity contribution < 1.29 is 4.39 Å². The summed E-state index contributed by atoms with van der Waals surface area (Å²) in [5, 5.41) is 4.65.